The second-order valence-electron chi connectivity index (χ2n) is 4.56. The first-order valence-electron chi connectivity index (χ1n) is 6.26. The van der Waals surface area contributed by atoms with Gasteiger partial charge < -0.3 is 11.1 Å². The molecule has 0 fully saturated rings. The minimum absolute atomic E-state index is 0.0447. The highest BCUT2D eigenvalue weighted by molar-refractivity contribution is 6.31. The zero-order valence-corrected chi connectivity index (χ0v) is 12.1. The number of benzene rings is 2. The number of carbonyl (C=O) groups is 1. The average Bonchev–Trinajstić information content (AvgIpc) is 2.44. The Morgan fingerprint density at radius 3 is 2.76 bits per heavy atom. The molecule has 3 nitrogen and oxygen atoms in total. The molecule has 2 aromatic carbocycles. The third kappa shape index (κ3) is 4.07. The van der Waals surface area contributed by atoms with Crippen molar-refractivity contribution in [1.29, 1.82) is 0 Å². The molecule has 0 heterocycles. The summed E-state index contributed by atoms with van der Waals surface area (Å²) >= 11 is 5.89. The first-order chi connectivity index (χ1) is 9.95. The SMILES string of the molecule is Cc1ccc(Cl)cc1NC(=O)/C=C/c1ccc(F)c(N)c1. The number of halogens is 2. The molecule has 0 aliphatic rings. The minimum Gasteiger partial charge on any atom is -0.396 e. The van der Waals surface area contributed by atoms with Gasteiger partial charge in [0, 0.05) is 16.8 Å². The Hall–Kier alpha value is -2.33. The third-order valence-electron chi connectivity index (χ3n) is 2.90. The van der Waals surface area contributed by atoms with Crippen LogP contribution in [0.25, 0.3) is 6.08 Å². The largest absolute Gasteiger partial charge is 0.396 e. The summed E-state index contributed by atoms with van der Waals surface area (Å²) in [5.74, 6) is -0.783. The molecule has 0 spiro atoms. The fourth-order valence-corrected chi connectivity index (χ4v) is 1.91. The molecule has 0 unspecified atom stereocenters. The zero-order valence-electron chi connectivity index (χ0n) is 11.4. The Bertz CT molecular complexity index is 713. The second kappa shape index (κ2) is 6.41. The standard InChI is InChI=1S/C16H14ClFN2O/c1-10-2-5-12(17)9-15(10)20-16(21)7-4-11-3-6-13(18)14(19)8-11/h2-9H,19H2,1H3,(H,20,21)/b7-4+. The molecule has 0 saturated carbocycles. The number of nitrogens with one attached hydrogen (secondary N) is 1. The van der Waals surface area contributed by atoms with E-state index in [0.29, 0.717) is 16.3 Å². The van der Waals surface area contributed by atoms with Gasteiger partial charge in [-0.2, -0.15) is 0 Å². The number of carbonyl (C=O) groups excluding carboxylic acids is 1. The molecule has 0 bridgehead atoms. The van der Waals surface area contributed by atoms with Crippen molar-refractivity contribution in [3.63, 3.8) is 0 Å². The van der Waals surface area contributed by atoms with Crippen LogP contribution in [-0.2, 0) is 4.79 Å². The highest BCUT2D eigenvalue weighted by Gasteiger charge is 2.03. The number of nitrogen functional groups attached to an aromatic ring is 1. The number of hydrogen-bond donors (Lipinski definition) is 2. The monoisotopic (exact) mass is 304 g/mol. The maximum atomic E-state index is 13.0. The van der Waals surface area contributed by atoms with Crippen molar-refractivity contribution >= 4 is 35.0 Å². The number of anilines is 2. The van der Waals surface area contributed by atoms with E-state index in [4.69, 9.17) is 17.3 Å². The van der Waals surface area contributed by atoms with Crippen molar-refractivity contribution < 1.29 is 9.18 Å². The number of aryl methyl sites for hydroxylation is 1. The number of amides is 1. The summed E-state index contributed by atoms with van der Waals surface area (Å²) in [4.78, 5) is 11.9. The van der Waals surface area contributed by atoms with E-state index in [0.717, 1.165) is 5.56 Å². The summed E-state index contributed by atoms with van der Waals surface area (Å²) in [6.07, 6.45) is 2.91. The van der Waals surface area contributed by atoms with Crippen LogP contribution in [-0.4, -0.2) is 5.91 Å². The maximum Gasteiger partial charge on any atom is 0.248 e. The fraction of sp³-hybridized carbons (Fsp3) is 0.0625. The summed E-state index contributed by atoms with van der Waals surface area (Å²) in [5, 5.41) is 3.28. The Kier molecular flexibility index (Phi) is 4.60. The molecule has 0 aromatic heterocycles. The zero-order chi connectivity index (χ0) is 15.4. The smallest absolute Gasteiger partial charge is 0.248 e. The summed E-state index contributed by atoms with van der Waals surface area (Å²) in [6, 6.07) is 9.52. The quantitative estimate of drug-likeness (QED) is 0.664. The lowest BCUT2D eigenvalue weighted by Crippen LogP contribution is -2.08. The van der Waals surface area contributed by atoms with E-state index in [1.54, 1.807) is 24.3 Å². The maximum absolute atomic E-state index is 13.0. The van der Waals surface area contributed by atoms with Gasteiger partial charge in [-0.15, -0.1) is 0 Å². The van der Waals surface area contributed by atoms with Crippen LogP contribution >= 0.6 is 11.6 Å². The van der Waals surface area contributed by atoms with Crippen LogP contribution in [0.5, 0.6) is 0 Å². The van der Waals surface area contributed by atoms with Gasteiger partial charge in [0.25, 0.3) is 0 Å². The van der Waals surface area contributed by atoms with Crippen molar-refractivity contribution in [3.8, 4) is 0 Å². The second-order valence-corrected chi connectivity index (χ2v) is 5.00. The van der Waals surface area contributed by atoms with Crippen LogP contribution in [0.1, 0.15) is 11.1 Å². The van der Waals surface area contributed by atoms with E-state index in [-0.39, 0.29) is 11.6 Å². The molecule has 108 valence electrons. The van der Waals surface area contributed by atoms with Gasteiger partial charge in [0.2, 0.25) is 5.91 Å². The van der Waals surface area contributed by atoms with Gasteiger partial charge in [0.1, 0.15) is 5.82 Å². The average molecular weight is 305 g/mol. The Labute approximate surface area is 127 Å². The highest BCUT2D eigenvalue weighted by Crippen LogP contribution is 2.20. The van der Waals surface area contributed by atoms with Crippen LogP contribution in [0.4, 0.5) is 15.8 Å². The van der Waals surface area contributed by atoms with E-state index >= 15 is 0 Å². The van der Waals surface area contributed by atoms with E-state index in [9.17, 15) is 9.18 Å². The highest BCUT2D eigenvalue weighted by atomic mass is 35.5. The molecule has 2 aromatic rings. The minimum atomic E-state index is -0.480. The van der Waals surface area contributed by atoms with E-state index in [1.165, 1.54) is 18.2 Å². The number of nitrogens with two attached hydrogens (primary N) is 1. The molecular formula is C16H14ClFN2O. The summed E-state index contributed by atoms with van der Waals surface area (Å²) < 4.78 is 13.0. The third-order valence-corrected chi connectivity index (χ3v) is 3.14. The lowest BCUT2D eigenvalue weighted by atomic mass is 10.1. The molecule has 0 radical (unpaired) electrons. The van der Waals surface area contributed by atoms with Crippen molar-refractivity contribution in [1.82, 2.24) is 0 Å². The van der Waals surface area contributed by atoms with Crippen LogP contribution < -0.4 is 11.1 Å². The molecule has 1 amide bonds. The van der Waals surface area contributed by atoms with Crippen LogP contribution in [0.2, 0.25) is 5.02 Å². The van der Waals surface area contributed by atoms with Crippen LogP contribution in [0, 0.1) is 12.7 Å². The summed E-state index contributed by atoms with van der Waals surface area (Å²) in [5.41, 5.74) is 7.71. The molecule has 2 rings (SSSR count). The summed E-state index contributed by atoms with van der Waals surface area (Å²) in [6.45, 7) is 1.87. The van der Waals surface area contributed by atoms with E-state index in [2.05, 4.69) is 5.32 Å². The molecule has 5 heteroatoms. The molecule has 0 saturated heterocycles. The normalized spacial score (nSPS) is 10.8. The number of hydrogen-bond acceptors (Lipinski definition) is 2. The van der Waals surface area contributed by atoms with Crippen molar-refractivity contribution in [2.75, 3.05) is 11.1 Å². The van der Waals surface area contributed by atoms with Crippen LogP contribution in [0.15, 0.2) is 42.5 Å². The predicted molar refractivity (Wildman–Crippen MR) is 84.7 cm³/mol. The molecule has 21 heavy (non-hydrogen) atoms. The molecule has 3 N–H and O–H groups in total. The molecule has 0 atom stereocenters. The van der Waals surface area contributed by atoms with Gasteiger partial charge in [-0.1, -0.05) is 23.7 Å². The van der Waals surface area contributed by atoms with Gasteiger partial charge >= 0.3 is 0 Å². The van der Waals surface area contributed by atoms with E-state index < -0.39 is 5.82 Å². The van der Waals surface area contributed by atoms with E-state index in [1.807, 2.05) is 13.0 Å². The number of rotatable bonds is 3. The Balaban J connectivity index is 2.09. The predicted octanol–water partition coefficient (Wildman–Crippen LogP) is 4.02. The van der Waals surface area contributed by atoms with Gasteiger partial charge in [-0.3, -0.25) is 4.79 Å². The molecule has 0 aliphatic heterocycles. The topological polar surface area (TPSA) is 55.1 Å². The lowest BCUT2D eigenvalue weighted by Gasteiger charge is -2.06. The lowest BCUT2D eigenvalue weighted by molar-refractivity contribution is -0.111. The van der Waals surface area contributed by atoms with Gasteiger partial charge in [0.05, 0.1) is 5.69 Å². The molecular weight excluding hydrogens is 291 g/mol. The van der Waals surface area contributed by atoms with Crippen molar-refractivity contribution in [3.05, 3.63) is 64.4 Å². The van der Waals surface area contributed by atoms with Gasteiger partial charge in [0.15, 0.2) is 0 Å². The Morgan fingerprint density at radius 2 is 2.05 bits per heavy atom. The molecule has 0 aliphatic carbocycles. The van der Waals surface area contributed by atoms with Crippen LogP contribution in [0.3, 0.4) is 0 Å². The fourth-order valence-electron chi connectivity index (χ4n) is 1.74. The summed E-state index contributed by atoms with van der Waals surface area (Å²) in [7, 11) is 0. The van der Waals surface area contributed by atoms with Crippen molar-refractivity contribution in [2.24, 2.45) is 0 Å². The first-order valence-corrected chi connectivity index (χ1v) is 6.64. The van der Waals surface area contributed by atoms with Crippen molar-refractivity contribution in [2.45, 2.75) is 6.92 Å². The van der Waals surface area contributed by atoms with Gasteiger partial charge in [-0.05, 0) is 48.4 Å². The Morgan fingerprint density at radius 1 is 1.29 bits per heavy atom. The van der Waals surface area contributed by atoms with Gasteiger partial charge in [-0.25, -0.2) is 4.39 Å². The first kappa shape index (κ1) is 15.1.